The van der Waals surface area contributed by atoms with Crippen molar-refractivity contribution in [3.8, 4) is 0 Å². The molecule has 1 atom stereocenters. The van der Waals surface area contributed by atoms with Crippen LogP contribution in [0.25, 0.3) is 0 Å². The van der Waals surface area contributed by atoms with Gasteiger partial charge in [0.1, 0.15) is 0 Å². The van der Waals surface area contributed by atoms with E-state index < -0.39 is 0 Å². The molecule has 1 saturated carbocycles. The molecule has 0 heterocycles. The van der Waals surface area contributed by atoms with Gasteiger partial charge >= 0.3 is 0 Å². The minimum atomic E-state index is -0.136. The van der Waals surface area contributed by atoms with Crippen LogP contribution in [-0.4, -0.2) is 24.4 Å². The van der Waals surface area contributed by atoms with Gasteiger partial charge in [0.05, 0.1) is 0 Å². The average molecular weight is 289 g/mol. The topological polar surface area (TPSA) is 84.2 Å². The zero-order valence-electron chi connectivity index (χ0n) is 12.6. The summed E-state index contributed by atoms with van der Waals surface area (Å²) in [5, 5.41) is 5.61. The van der Waals surface area contributed by atoms with Crippen LogP contribution >= 0.6 is 0 Å². The van der Waals surface area contributed by atoms with Gasteiger partial charge in [-0.1, -0.05) is 6.07 Å². The first-order valence-corrected chi connectivity index (χ1v) is 7.45. The number of benzene rings is 1. The minimum absolute atomic E-state index is 0.0584. The summed E-state index contributed by atoms with van der Waals surface area (Å²) in [6.45, 7) is 4.34. The fourth-order valence-electron chi connectivity index (χ4n) is 2.27. The molecule has 114 valence electrons. The normalized spacial score (nSPS) is 15.4. The van der Waals surface area contributed by atoms with Gasteiger partial charge in [0.25, 0.3) is 5.91 Å². The van der Waals surface area contributed by atoms with Crippen molar-refractivity contribution in [2.75, 3.05) is 11.9 Å². The quantitative estimate of drug-likeness (QED) is 0.746. The van der Waals surface area contributed by atoms with Gasteiger partial charge in [0.2, 0.25) is 5.91 Å². The van der Waals surface area contributed by atoms with E-state index in [1.54, 1.807) is 12.1 Å². The first-order chi connectivity index (χ1) is 10.0. The Labute approximate surface area is 125 Å². The smallest absolute Gasteiger partial charge is 0.251 e. The van der Waals surface area contributed by atoms with Crippen LogP contribution in [0, 0.1) is 12.8 Å². The van der Waals surface area contributed by atoms with E-state index in [9.17, 15) is 9.59 Å². The number of carbonyl (C=O) groups excluding carboxylic acids is 2. The van der Waals surface area contributed by atoms with Gasteiger partial charge in [-0.25, -0.2) is 0 Å². The van der Waals surface area contributed by atoms with Crippen molar-refractivity contribution in [3.05, 3.63) is 29.3 Å². The van der Waals surface area contributed by atoms with Gasteiger partial charge in [-0.05, 0) is 50.3 Å². The number of carbonyl (C=O) groups is 2. The van der Waals surface area contributed by atoms with E-state index in [4.69, 9.17) is 5.73 Å². The van der Waals surface area contributed by atoms with E-state index in [0.717, 1.165) is 18.4 Å². The number of rotatable bonds is 6. The molecule has 1 aromatic rings. The fourth-order valence-corrected chi connectivity index (χ4v) is 2.27. The molecule has 0 aromatic heterocycles. The number of hydrogen-bond donors (Lipinski definition) is 3. The maximum absolute atomic E-state index is 12.0. The van der Waals surface area contributed by atoms with Crippen LogP contribution in [0.15, 0.2) is 18.2 Å². The van der Waals surface area contributed by atoms with Gasteiger partial charge in [0, 0.05) is 30.3 Å². The molecule has 0 saturated heterocycles. The third-order valence-electron chi connectivity index (χ3n) is 3.76. The van der Waals surface area contributed by atoms with Crippen LogP contribution in [-0.2, 0) is 4.79 Å². The molecule has 0 aliphatic heterocycles. The van der Waals surface area contributed by atoms with Crippen LogP contribution in [0.3, 0.4) is 0 Å². The molecule has 21 heavy (non-hydrogen) atoms. The van der Waals surface area contributed by atoms with Gasteiger partial charge in [0.15, 0.2) is 0 Å². The summed E-state index contributed by atoms with van der Waals surface area (Å²) in [5.74, 6) is 0.270. The Morgan fingerprint density at radius 1 is 1.38 bits per heavy atom. The van der Waals surface area contributed by atoms with E-state index in [2.05, 4.69) is 10.6 Å². The Bertz CT molecular complexity index is 538. The molecule has 4 N–H and O–H groups in total. The Kier molecular flexibility index (Phi) is 4.96. The molecule has 0 radical (unpaired) electrons. The molecule has 1 aromatic carbocycles. The van der Waals surface area contributed by atoms with E-state index in [-0.39, 0.29) is 17.9 Å². The second-order valence-electron chi connectivity index (χ2n) is 5.64. The van der Waals surface area contributed by atoms with Crippen molar-refractivity contribution >= 4 is 17.5 Å². The van der Waals surface area contributed by atoms with Gasteiger partial charge in [-0.3, -0.25) is 9.59 Å². The molecule has 2 rings (SSSR count). The molecule has 1 aliphatic rings. The molecule has 5 heteroatoms. The molecule has 1 aliphatic carbocycles. The van der Waals surface area contributed by atoms with Crippen LogP contribution in [0.5, 0.6) is 0 Å². The number of hydrogen-bond acceptors (Lipinski definition) is 3. The third kappa shape index (κ3) is 4.29. The van der Waals surface area contributed by atoms with Gasteiger partial charge in [-0.15, -0.1) is 0 Å². The Morgan fingerprint density at radius 3 is 2.71 bits per heavy atom. The first kappa shape index (κ1) is 15.5. The van der Waals surface area contributed by atoms with Crippen LogP contribution in [0.4, 0.5) is 5.69 Å². The summed E-state index contributed by atoms with van der Waals surface area (Å²) in [6, 6.07) is 5.24. The van der Waals surface area contributed by atoms with Crippen molar-refractivity contribution in [2.24, 2.45) is 11.7 Å². The number of nitrogens with two attached hydrogens (primary N) is 1. The molecular weight excluding hydrogens is 266 g/mol. The predicted molar refractivity (Wildman–Crippen MR) is 83.1 cm³/mol. The van der Waals surface area contributed by atoms with E-state index in [1.807, 2.05) is 19.9 Å². The zero-order valence-corrected chi connectivity index (χ0v) is 12.6. The van der Waals surface area contributed by atoms with E-state index in [1.165, 1.54) is 0 Å². The molecule has 0 spiro atoms. The molecule has 1 unspecified atom stereocenters. The maximum atomic E-state index is 12.0. The van der Waals surface area contributed by atoms with Crippen molar-refractivity contribution in [1.82, 2.24) is 5.32 Å². The predicted octanol–water partition coefficient (Wildman–Crippen LogP) is 1.81. The first-order valence-electron chi connectivity index (χ1n) is 7.45. The van der Waals surface area contributed by atoms with Crippen LogP contribution in [0.1, 0.15) is 42.1 Å². The van der Waals surface area contributed by atoms with E-state index in [0.29, 0.717) is 30.1 Å². The summed E-state index contributed by atoms with van der Waals surface area (Å²) >= 11 is 0. The molecular formula is C16H23N3O2. The monoisotopic (exact) mass is 289 g/mol. The highest BCUT2D eigenvalue weighted by molar-refractivity contribution is 5.97. The highest BCUT2D eigenvalue weighted by Gasteiger charge is 2.29. The lowest BCUT2D eigenvalue weighted by Crippen LogP contribution is -2.29. The summed E-state index contributed by atoms with van der Waals surface area (Å²) in [5.41, 5.74) is 8.11. The SMILES string of the molecule is CCNC(=O)c1ccc(C)c(NC(=O)CC(N)C2CC2)c1. The van der Waals surface area contributed by atoms with Crippen LogP contribution in [0.2, 0.25) is 0 Å². The zero-order chi connectivity index (χ0) is 15.4. The summed E-state index contributed by atoms with van der Waals surface area (Å²) in [6.07, 6.45) is 2.58. The largest absolute Gasteiger partial charge is 0.352 e. The van der Waals surface area contributed by atoms with Crippen LogP contribution < -0.4 is 16.4 Å². The van der Waals surface area contributed by atoms with Crippen molar-refractivity contribution < 1.29 is 9.59 Å². The number of nitrogens with one attached hydrogen (secondary N) is 2. The standard InChI is InChI=1S/C16H23N3O2/c1-3-18-16(21)12-5-4-10(2)14(8-12)19-15(20)9-13(17)11-6-7-11/h4-5,8,11,13H,3,6-7,9,17H2,1-2H3,(H,18,21)(H,19,20). The minimum Gasteiger partial charge on any atom is -0.352 e. The summed E-state index contributed by atoms with van der Waals surface area (Å²) in [4.78, 5) is 23.8. The maximum Gasteiger partial charge on any atom is 0.251 e. The molecule has 2 amide bonds. The highest BCUT2D eigenvalue weighted by Crippen LogP contribution is 2.32. The third-order valence-corrected chi connectivity index (χ3v) is 3.76. The lowest BCUT2D eigenvalue weighted by atomic mass is 10.1. The molecule has 1 fully saturated rings. The number of anilines is 1. The lowest BCUT2D eigenvalue weighted by Gasteiger charge is -2.13. The van der Waals surface area contributed by atoms with Gasteiger partial charge < -0.3 is 16.4 Å². The number of amides is 2. The second-order valence-corrected chi connectivity index (χ2v) is 5.64. The lowest BCUT2D eigenvalue weighted by molar-refractivity contribution is -0.116. The van der Waals surface area contributed by atoms with E-state index >= 15 is 0 Å². The Balaban J connectivity index is 2.02. The summed E-state index contributed by atoms with van der Waals surface area (Å²) in [7, 11) is 0. The summed E-state index contributed by atoms with van der Waals surface area (Å²) < 4.78 is 0. The number of aryl methyl sites for hydroxylation is 1. The van der Waals surface area contributed by atoms with Crippen molar-refractivity contribution in [1.29, 1.82) is 0 Å². The van der Waals surface area contributed by atoms with Gasteiger partial charge in [-0.2, -0.15) is 0 Å². The van der Waals surface area contributed by atoms with Crippen molar-refractivity contribution in [3.63, 3.8) is 0 Å². The Hall–Kier alpha value is -1.88. The Morgan fingerprint density at radius 2 is 2.10 bits per heavy atom. The molecule has 5 nitrogen and oxygen atoms in total. The second kappa shape index (κ2) is 6.72. The highest BCUT2D eigenvalue weighted by atomic mass is 16.2. The fraction of sp³-hybridized carbons (Fsp3) is 0.500. The van der Waals surface area contributed by atoms with Crippen molar-refractivity contribution in [2.45, 2.75) is 39.2 Å². The average Bonchev–Trinajstić information content (AvgIpc) is 3.25. The molecule has 0 bridgehead atoms.